The molecule has 68 valence electrons. The maximum Gasteiger partial charge on any atom is 0.177 e. The number of hydrogen-bond donors (Lipinski definition) is 2. The van der Waals surface area contributed by atoms with E-state index in [2.05, 4.69) is 4.84 Å². The summed E-state index contributed by atoms with van der Waals surface area (Å²) in [6.07, 6.45) is -1.92. The fourth-order valence-electron chi connectivity index (χ4n) is 0.611. The normalized spacial score (nSPS) is 19.4. The van der Waals surface area contributed by atoms with Crippen LogP contribution in [0, 0.1) is 0 Å². The van der Waals surface area contributed by atoms with Crippen LogP contribution in [-0.4, -0.2) is 24.0 Å². The van der Waals surface area contributed by atoms with Gasteiger partial charge in [-0.3, -0.25) is 4.84 Å². The fourth-order valence-corrected chi connectivity index (χ4v) is 0.611. The van der Waals surface area contributed by atoms with E-state index in [1.54, 1.807) is 13.8 Å². The van der Waals surface area contributed by atoms with Crippen molar-refractivity contribution in [1.82, 2.24) is 0 Å². The second kappa shape index (κ2) is 5.45. The third-order valence-corrected chi connectivity index (χ3v) is 0.963. The molecule has 0 aromatic heterocycles. The number of aliphatic hydroxyl groups excluding tert-OH is 1. The quantitative estimate of drug-likeness (QED) is 0.441. The summed E-state index contributed by atoms with van der Waals surface area (Å²) in [6.45, 7) is 4.76. The van der Waals surface area contributed by atoms with Gasteiger partial charge in [0.15, 0.2) is 18.9 Å². The first-order chi connectivity index (χ1) is 5.06. The van der Waals surface area contributed by atoms with Crippen LogP contribution in [0.2, 0.25) is 0 Å². The van der Waals surface area contributed by atoms with Crippen LogP contribution in [0.3, 0.4) is 0 Å². The maximum atomic E-state index is 8.73. The molecule has 0 aromatic rings. The summed E-state index contributed by atoms with van der Waals surface area (Å²) in [7, 11) is 0. The minimum Gasteiger partial charge on any atom is -0.368 e. The van der Waals surface area contributed by atoms with Crippen LogP contribution in [0.25, 0.3) is 0 Å². The zero-order valence-corrected chi connectivity index (χ0v) is 6.98. The molecule has 0 spiro atoms. The van der Waals surface area contributed by atoms with E-state index in [0.717, 1.165) is 0 Å². The molecular weight excluding hydrogens is 150 g/mol. The summed E-state index contributed by atoms with van der Waals surface area (Å²) in [4.78, 5) is 4.32. The van der Waals surface area contributed by atoms with E-state index in [1.807, 2.05) is 0 Å². The van der Waals surface area contributed by atoms with E-state index in [9.17, 15) is 0 Å². The van der Waals surface area contributed by atoms with Gasteiger partial charge in [-0.15, -0.1) is 0 Å². The van der Waals surface area contributed by atoms with Crippen LogP contribution in [0.4, 0.5) is 0 Å². The minimum atomic E-state index is -0.852. The Hall–Kier alpha value is -0.200. The van der Waals surface area contributed by atoms with Crippen molar-refractivity contribution in [2.75, 3.05) is 0 Å². The second-order valence-electron chi connectivity index (χ2n) is 2.14. The smallest absolute Gasteiger partial charge is 0.177 e. The molecule has 0 aliphatic rings. The molecule has 0 aliphatic carbocycles. The Bertz CT molecular complexity index is 98.6. The van der Waals surface area contributed by atoms with Crippen LogP contribution in [-0.2, 0) is 14.3 Å². The molecule has 5 heteroatoms. The molecule has 11 heavy (non-hydrogen) atoms. The van der Waals surface area contributed by atoms with E-state index in [-0.39, 0.29) is 0 Å². The van der Waals surface area contributed by atoms with Gasteiger partial charge >= 0.3 is 0 Å². The summed E-state index contributed by atoms with van der Waals surface area (Å²) < 4.78 is 9.80. The van der Waals surface area contributed by atoms with Crippen molar-refractivity contribution in [1.29, 1.82) is 0 Å². The standard InChI is InChI=1S/C6H15NO4/c1-4(8)9-5(2)10-6(3)11-7/h4-6,8H,7H2,1-3H3. The predicted molar refractivity (Wildman–Crippen MR) is 38.0 cm³/mol. The second-order valence-corrected chi connectivity index (χ2v) is 2.14. The summed E-state index contributed by atoms with van der Waals surface area (Å²) >= 11 is 0. The number of rotatable bonds is 5. The van der Waals surface area contributed by atoms with Crippen molar-refractivity contribution in [3.63, 3.8) is 0 Å². The first-order valence-electron chi connectivity index (χ1n) is 3.40. The largest absolute Gasteiger partial charge is 0.368 e. The van der Waals surface area contributed by atoms with Crippen LogP contribution >= 0.6 is 0 Å². The molecular formula is C6H15NO4. The molecule has 3 N–H and O–H groups in total. The van der Waals surface area contributed by atoms with Gasteiger partial charge in [0.2, 0.25) is 0 Å². The van der Waals surface area contributed by atoms with Gasteiger partial charge in [-0.2, -0.15) is 0 Å². The third-order valence-electron chi connectivity index (χ3n) is 0.963. The predicted octanol–water partition coefficient (Wildman–Crippen LogP) is -0.0598. The third kappa shape index (κ3) is 6.21. The highest BCUT2D eigenvalue weighted by Gasteiger charge is 2.09. The lowest BCUT2D eigenvalue weighted by atomic mass is 10.6. The first-order valence-corrected chi connectivity index (χ1v) is 3.40. The number of ether oxygens (including phenoxy) is 2. The molecule has 0 rings (SSSR count). The molecule has 0 saturated carbocycles. The molecule has 3 unspecified atom stereocenters. The van der Waals surface area contributed by atoms with Gasteiger partial charge in [-0.1, -0.05) is 0 Å². The zero-order valence-electron chi connectivity index (χ0n) is 6.98. The van der Waals surface area contributed by atoms with Crippen molar-refractivity contribution in [2.45, 2.75) is 39.6 Å². The van der Waals surface area contributed by atoms with Crippen molar-refractivity contribution >= 4 is 0 Å². The Morgan fingerprint density at radius 1 is 1.09 bits per heavy atom. The highest BCUT2D eigenvalue weighted by atomic mass is 16.8. The Kier molecular flexibility index (Phi) is 5.35. The van der Waals surface area contributed by atoms with Gasteiger partial charge in [-0.05, 0) is 20.8 Å². The van der Waals surface area contributed by atoms with Crippen LogP contribution in [0.5, 0.6) is 0 Å². The van der Waals surface area contributed by atoms with Crippen molar-refractivity contribution in [3.8, 4) is 0 Å². The number of hydrogen-bond acceptors (Lipinski definition) is 5. The molecule has 3 atom stereocenters. The van der Waals surface area contributed by atoms with E-state index in [0.29, 0.717) is 0 Å². The first kappa shape index (κ1) is 10.8. The lowest BCUT2D eigenvalue weighted by molar-refractivity contribution is -0.271. The lowest BCUT2D eigenvalue weighted by Gasteiger charge is -2.18. The maximum absolute atomic E-state index is 8.73. The minimum absolute atomic E-state index is 0.534. The highest BCUT2D eigenvalue weighted by Crippen LogP contribution is 2.01. The van der Waals surface area contributed by atoms with E-state index in [1.165, 1.54) is 6.92 Å². The molecule has 0 aromatic carbocycles. The van der Waals surface area contributed by atoms with Crippen LogP contribution in [0.1, 0.15) is 20.8 Å². The Balaban J connectivity index is 3.43. The Morgan fingerprint density at radius 3 is 2.00 bits per heavy atom. The van der Waals surface area contributed by atoms with E-state index >= 15 is 0 Å². The fraction of sp³-hybridized carbons (Fsp3) is 1.00. The molecule has 0 bridgehead atoms. The van der Waals surface area contributed by atoms with Gasteiger partial charge in [0.1, 0.15) is 0 Å². The van der Waals surface area contributed by atoms with E-state index in [4.69, 9.17) is 20.5 Å². The topological polar surface area (TPSA) is 73.9 Å². The van der Waals surface area contributed by atoms with Gasteiger partial charge in [0, 0.05) is 0 Å². The molecule has 0 aliphatic heterocycles. The summed E-state index contributed by atoms with van der Waals surface area (Å²) in [5.74, 6) is 4.81. The Labute approximate surface area is 66.0 Å². The molecule has 0 radical (unpaired) electrons. The van der Waals surface area contributed by atoms with Gasteiger partial charge in [-0.25, -0.2) is 5.90 Å². The lowest BCUT2D eigenvalue weighted by Crippen LogP contribution is -2.27. The van der Waals surface area contributed by atoms with Crippen LogP contribution in [0.15, 0.2) is 0 Å². The molecule has 5 nitrogen and oxygen atoms in total. The van der Waals surface area contributed by atoms with Gasteiger partial charge < -0.3 is 14.6 Å². The average Bonchev–Trinajstić information content (AvgIpc) is 1.85. The molecule has 0 fully saturated rings. The number of aliphatic hydroxyl groups is 1. The molecule has 0 saturated heterocycles. The zero-order chi connectivity index (χ0) is 8.85. The average molecular weight is 165 g/mol. The number of nitrogens with two attached hydrogens (primary N) is 1. The summed E-state index contributed by atoms with van der Waals surface area (Å²) in [6, 6.07) is 0. The van der Waals surface area contributed by atoms with Crippen LogP contribution < -0.4 is 5.90 Å². The van der Waals surface area contributed by atoms with Crippen molar-refractivity contribution in [2.24, 2.45) is 5.90 Å². The molecule has 0 amide bonds. The van der Waals surface area contributed by atoms with Gasteiger partial charge in [0.25, 0.3) is 0 Å². The summed E-state index contributed by atoms with van der Waals surface area (Å²) in [5, 5.41) is 8.73. The highest BCUT2D eigenvalue weighted by molar-refractivity contribution is 4.34. The van der Waals surface area contributed by atoms with Crippen molar-refractivity contribution in [3.05, 3.63) is 0 Å². The van der Waals surface area contributed by atoms with Gasteiger partial charge in [0.05, 0.1) is 0 Å². The van der Waals surface area contributed by atoms with Crippen molar-refractivity contribution < 1.29 is 19.4 Å². The SMILES string of the molecule is CC(O)OC(C)OC(C)ON. The summed E-state index contributed by atoms with van der Waals surface area (Å²) in [5.41, 5.74) is 0. The molecule has 0 heterocycles. The van der Waals surface area contributed by atoms with E-state index < -0.39 is 18.9 Å². The monoisotopic (exact) mass is 165 g/mol. The Morgan fingerprint density at radius 2 is 1.64 bits per heavy atom.